The van der Waals surface area contributed by atoms with Crippen LogP contribution in [0.5, 0.6) is 0 Å². The zero-order chi connectivity index (χ0) is 5.21. The molecule has 0 aromatic carbocycles. The highest BCUT2D eigenvalue weighted by molar-refractivity contribution is 14.3. The first kappa shape index (κ1) is 8.15. The van der Waals surface area contributed by atoms with E-state index in [0.717, 1.165) is 6.54 Å². The van der Waals surface area contributed by atoms with Crippen LogP contribution in [0.2, 0.25) is 0 Å². The molecular weight excluding hydrogens is 419 g/mol. The molecule has 6 heavy (non-hydrogen) atoms. The summed E-state index contributed by atoms with van der Waals surface area (Å²) in [5.74, 6) is 0. The highest BCUT2D eigenvalue weighted by Gasteiger charge is 2.12. The van der Waals surface area contributed by atoms with Crippen LogP contribution in [0, 0.1) is 0 Å². The van der Waals surface area contributed by atoms with Crippen molar-refractivity contribution in [1.29, 1.82) is 0 Å². The second-order valence-electron chi connectivity index (χ2n) is 0.819. The summed E-state index contributed by atoms with van der Waals surface area (Å²) in [6.45, 7) is 0.731. The molecule has 0 bridgehead atoms. The van der Waals surface area contributed by atoms with Crippen LogP contribution in [0.4, 0.5) is 0 Å². The molecule has 4 heteroatoms. The third-order valence-electron chi connectivity index (χ3n) is 0.231. The fourth-order valence-corrected chi connectivity index (χ4v) is 0. The maximum Gasteiger partial charge on any atom is 0.136 e. The Morgan fingerprint density at radius 1 is 1.33 bits per heavy atom. The Labute approximate surface area is 78.2 Å². The highest BCUT2D eigenvalue weighted by atomic mass is 127. The average Bonchev–Trinajstić information content (AvgIpc) is 1.35. The highest BCUT2D eigenvalue weighted by Crippen LogP contribution is 2.33. The lowest BCUT2D eigenvalue weighted by Crippen LogP contribution is -2.14. The first-order valence-electron chi connectivity index (χ1n) is 1.33. The Morgan fingerprint density at radius 3 is 1.50 bits per heavy atom. The van der Waals surface area contributed by atoms with Crippen molar-refractivity contribution in [3.05, 3.63) is 0 Å². The van der Waals surface area contributed by atoms with Gasteiger partial charge in [0, 0.05) is 6.54 Å². The van der Waals surface area contributed by atoms with Crippen LogP contribution in [-0.2, 0) is 0 Å². The molecule has 0 amide bonds. The van der Waals surface area contributed by atoms with E-state index in [9.17, 15) is 0 Å². The molecule has 0 saturated heterocycles. The minimum atomic E-state index is 0.229. The van der Waals surface area contributed by atoms with Gasteiger partial charge in [-0.2, -0.15) is 0 Å². The molecule has 0 heterocycles. The van der Waals surface area contributed by atoms with Gasteiger partial charge < -0.3 is 5.73 Å². The molecule has 0 rings (SSSR count). The minimum Gasteiger partial charge on any atom is -0.328 e. The molecule has 0 saturated carbocycles. The molecule has 0 aromatic rings. The van der Waals surface area contributed by atoms with Crippen LogP contribution in [0.25, 0.3) is 0 Å². The molecule has 38 valence electrons. The zero-order valence-corrected chi connectivity index (χ0v) is 9.39. The molecule has 0 fully saturated rings. The number of rotatable bonds is 1. The number of alkyl halides is 3. The van der Waals surface area contributed by atoms with Gasteiger partial charge in [-0.05, 0) is 0 Å². The van der Waals surface area contributed by atoms with Gasteiger partial charge in [0.05, 0.1) is 0 Å². The Bertz CT molecular complexity index is 38.5. The summed E-state index contributed by atoms with van der Waals surface area (Å²) in [4.78, 5) is 0. The second-order valence-corrected chi connectivity index (χ2v) is 12.5. The number of halogens is 3. The summed E-state index contributed by atoms with van der Waals surface area (Å²) >= 11 is 6.87. The first-order chi connectivity index (χ1) is 2.56. The van der Waals surface area contributed by atoms with E-state index in [2.05, 4.69) is 67.8 Å². The smallest absolute Gasteiger partial charge is 0.136 e. The predicted octanol–water partition coefficient (Wildman–Crippen LogP) is 1.90. The molecule has 0 spiro atoms. The standard InChI is InChI=1S/C2H4I3N/c3-2(4,5)1-6/h1,6H2. The Balaban J connectivity index is 3.17. The van der Waals surface area contributed by atoms with Crippen molar-refractivity contribution in [3.8, 4) is 0 Å². The van der Waals surface area contributed by atoms with Crippen molar-refractivity contribution >= 4 is 67.8 Å². The van der Waals surface area contributed by atoms with E-state index in [1.54, 1.807) is 0 Å². The van der Waals surface area contributed by atoms with Crippen molar-refractivity contribution in [2.24, 2.45) is 5.73 Å². The number of hydrogen-bond acceptors (Lipinski definition) is 1. The summed E-state index contributed by atoms with van der Waals surface area (Å²) in [6.07, 6.45) is 0. The molecular formula is C2H4I3N. The van der Waals surface area contributed by atoms with Crippen LogP contribution >= 0.6 is 67.8 Å². The van der Waals surface area contributed by atoms with Crippen LogP contribution < -0.4 is 5.73 Å². The predicted molar refractivity (Wildman–Crippen MR) is 53.8 cm³/mol. The normalized spacial score (nSPS) is 12.0. The quantitative estimate of drug-likeness (QED) is 0.507. The topological polar surface area (TPSA) is 26.0 Å². The first-order valence-corrected chi connectivity index (χ1v) is 4.56. The van der Waals surface area contributed by atoms with Gasteiger partial charge >= 0.3 is 0 Å². The molecule has 0 aromatic heterocycles. The molecule has 0 aliphatic rings. The van der Waals surface area contributed by atoms with E-state index in [4.69, 9.17) is 5.73 Å². The van der Waals surface area contributed by atoms with Gasteiger partial charge in [-0.1, -0.05) is 67.8 Å². The van der Waals surface area contributed by atoms with Crippen molar-refractivity contribution in [3.63, 3.8) is 0 Å². The minimum absolute atomic E-state index is 0.229. The molecule has 1 nitrogen and oxygen atoms in total. The van der Waals surface area contributed by atoms with E-state index in [1.165, 1.54) is 0 Å². The monoisotopic (exact) mass is 423 g/mol. The van der Waals surface area contributed by atoms with E-state index in [1.807, 2.05) is 0 Å². The van der Waals surface area contributed by atoms with Gasteiger partial charge in [-0.3, -0.25) is 0 Å². The molecule has 2 N–H and O–H groups in total. The SMILES string of the molecule is NCC(I)(I)I. The van der Waals surface area contributed by atoms with Crippen LogP contribution in [-0.4, -0.2) is 5.98 Å². The Morgan fingerprint density at radius 2 is 1.50 bits per heavy atom. The fourth-order valence-electron chi connectivity index (χ4n) is 0. The maximum atomic E-state index is 5.28. The third-order valence-corrected chi connectivity index (χ3v) is 1.55. The summed E-state index contributed by atoms with van der Waals surface area (Å²) in [6, 6.07) is 0. The third kappa shape index (κ3) is 6.15. The summed E-state index contributed by atoms with van der Waals surface area (Å²) < 4.78 is 0.229. The van der Waals surface area contributed by atoms with Crippen molar-refractivity contribution in [1.82, 2.24) is 0 Å². The molecule has 0 aliphatic carbocycles. The van der Waals surface area contributed by atoms with E-state index < -0.39 is 0 Å². The molecule has 0 aliphatic heterocycles. The van der Waals surface area contributed by atoms with Crippen LogP contribution in [0.3, 0.4) is 0 Å². The summed E-state index contributed by atoms with van der Waals surface area (Å²) in [7, 11) is 0. The van der Waals surface area contributed by atoms with Gasteiger partial charge in [-0.25, -0.2) is 0 Å². The number of hydrogen-bond donors (Lipinski definition) is 1. The van der Waals surface area contributed by atoms with Gasteiger partial charge in [0.2, 0.25) is 0 Å². The van der Waals surface area contributed by atoms with Gasteiger partial charge in [0.25, 0.3) is 0 Å². The average molecular weight is 423 g/mol. The largest absolute Gasteiger partial charge is 0.328 e. The maximum absolute atomic E-state index is 5.28. The van der Waals surface area contributed by atoms with Crippen LogP contribution in [0.15, 0.2) is 0 Å². The van der Waals surface area contributed by atoms with Crippen molar-refractivity contribution in [2.45, 2.75) is -0.565 Å². The zero-order valence-electron chi connectivity index (χ0n) is 2.92. The van der Waals surface area contributed by atoms with E-state index >= 15 is 0 Å². The summed E-state index contributed by atoms with van der Waals surface area (Å²) in [5, 5.41) is 0. The molecule has 0 radical (unpaired) electrons. The molecule has 0 atom stereocenters. The second kappa shape index (κ2) is 3.23. The summed E-state index contributed by atoms with van der Waals surface area (Å²) in [5.41, 5.74) is 5.28. The molecule has 0 unspecified atom stereocenters. The fraction of sp³-hybridized carbons (Fsp3) is 1.00. The van der Waals surface area contributed by atoms with Crippen molar-refractivity contribution < 1.29 is 0 Å². The lowest BCUT2D eigenvalue weighted by atomic mass is 10.8. The van der Waals surface area contributed by atoms with E-state index in [0.29, 0.717) is 0 Å². The van der Waals surface area contributed by atoms with E-state index in [-0.39, 0.29) is -0.565 Å². The Kier molecular flexibility index (Phi) is 4.39. The lowest BCUT2D eigenvalue weighted by molar-refractivity contribution is 1.13. The lowest BCUT2D eigenvalue weighted by Gasteiger charge is -2.04. The van der Waals surface area contributed by atoms with Gasteiger partial charge in [0.1, 0.15) is -0.565 Å². The van der Waals surface area contributed by atoms with Gasteiger partial charge in [-0.15, -0.1) is 0 Å². The van der Waals surface area contributed by atoms with Crippen LogP contribution in [0.1, 0.15) is 0 Å². The van der Waals surface area contributed by atoms with Crippen molar-refractivity contribution in [2.75, 3.05) is 6.54 Å². The Hall–Kier alpha value is 2.15. The number of nitrogens with two attached hydrogens (primary N) is 1. The van der Waals surface area contributed by atoms with Gasteiger partial charge in [0.15, 0.2) is 0 Å².